The first kappa shape index (κ1) is 22.6. The van der Waals surface area contributed by atoms with E-state index in [0.717, 1.165) is 12.8 Å². The fraction of sp³-hybridized carbons (Fsp3) is 0.409. The van der Waals surface area contributed by atoms with Gasteiger partial charge in [-0.1, -0.05) is 26.0 Å². The van der Waals surface area contributed by atoms with Crippen molar-refractivity contribution in [3.8, 4) is 0 Å². The number of anilines is 1. The van der Waals surface area contributed by atoms with Crippen molar-refractivity contribution < 1.29 is 19.1 Å². The summed E-state index contributed by atoms with van der Waals surface area (Å²) in [6.45, 7) is 7.72. The molecule has 0 aliphatic rings. The molecular formula is C22H28N2O4S. The molecule has 0 unspecified atom stereocenters. The SMILES string of the molecule is CC[C@H](C)N(C(=O)COC(=O)c1cccc(NC(=O)c2cccs2)c1)[C@@H](C)CC. The molecule has 0 radical (unpaired) electrons. The number of esters is 1. The zero-order valence-corrected chi connectivity index (χ0v) is 18.1. The third kappa shape index (κ3) is 6.15. The maximum absolute atomic E-state index is 12.6. The van der Waals surface area contributed by atoms with Gasteiger partial charge in [0.1, 0.15) is 0 Å². The molecule has 1 heterocycles. The second-order valence-corrected chi connectivity index (χ2v) is 7.85. The minimum absolute atomic E-state index is 0.0759. The van der Waals surface area contributed by atoms with Crippen LogP contribution in [0.2, 0.25) is 0 Å². The van der Waals surface area contributed by atoms with Crippen LogP contribution in [0.15, 0.2) is 41.8 Å². The molecule has 6 nitrogen and oxygen atoms in total. The van der Waals surface area contributed by atoms with E-state index in [2.05, 4.69) is 5.32 Å². The molecule has 1 aromatic carbocycles. The summed E-state index contributed by atoms with van der Waals surface area (Å²) in [5.41, 5.74) is 0.769. The Labute approximate surface area is 175 Å². The fourth-order valence-corrected chi connectivity index (χ4v) is 3.55. The molecule has 0 bridgehead atoms. The number of carbonyl (C=O) groups excluding carboxylic acids is 3. The highest BCUT2D eigenvalue weighted by Gasteiger charge is 2.24. The molecule has 0 aliphatic heterocycles. The van der Waals surface area contributed by atoms with Gasteiger partial charge in [0.25, 0.3) is 11.8 Å². The Morgan fingerprint density at radius 3 is 2.34 bits per heavy atom. The van der Waals surface area contributed by atoms with Crippen LogP contribution in [0.5, 0.6) is 0 Å². The summed E-state index contributed by atoms with van der Waals surface area (Å²) in [6, 6.07) is 10.2. The molecule has 2 aromatic rings. The zero-order chi connectivity index (χ0) is 21.4. The second kappa shape index (κ2) is 10.8. The van der Waals surface area contributed by atoms with Crippen LogP contribution in [-0.2, 0) is 9.53 Å². The lowest BCUT2D eigenvalue weighted by atomic mass is 10.1. The summed E-state index contributed by atoms with van der Waals surface area (Å²) in [5.74, 6) is -1.04. The molecule has 0 saturated heterocycles. The normalized spacial score (nSPS) is 12.7. The number of nitrogens with zero attached hydrogens (tertiary/aromatic N) is 1. The monoisotopic (exact) mass is 416 g/mol. The van der Waals surface area contributed by atoms with Gasteiger partial charge < -0.3 is 15.0 Å². The van der Waals surface area contributed by atoms with Gasteiger partial charge in [0.2, 0.25) is 0 Å². The van der Waals surface area contributed by atoms with Crippen LogP contribution < -0.4 is 5.32 Å². The zero-order valence-electron chi connectivity index (χ0n) is 17.3. The molecule has 1 aromatic heterocycles. The van der Waals surface area contributed by atoms with Gasteiger partial charge in [-0.15, -0.1) is 11.3 Å². The van der Waals surface area contributed by atoms with Crippen LogP contribution in [0, 0.1) is 0 Å². The molecule has 1 N–H and O–H groups in total. The van der Waals surface area contributed by atoms with Crippen molar-refractivity contribution >= 4 is 34.8 Å². The highest BCUT2D eigenvalue weighted by molar-refractivity contribution is 7.12. The van der Waals surface area contributed by atoms with E-state index in [-0.39, 0.29) is 36.1 Å². The molecule has 0 aliphatic carbocycles. The Hall–Kier alpha value is -2.67. The Kier molecular flexibility index (Phi) is 8.39. The number of ether oxygens (including phenoxy) is 1. The molecule has 2 atom stereocenters. The molecular weight excluding hydrogens is 388 g/mol. The third-order valence-corrected chi connectivity index (χ3v) is 5.72. The van der Waals surface area contributed by atoms with Gasteiger partial charge >= 0.3 is 5.97 Å². The number of amides is 2. The van der Waals surface area contributed by atoms with Crippen molar-refractivity contribution in [2.75, 3.05) is 11.9 Å². The maximum Gasteiger partial charge on any atom is 0.338 e. The van der Waals surface area contributed by atoms with Gasteiger partial charge in [-0.25, -0.2) is 4.79 Å². The quantitative estimate of drug-likeness (QED) is 0.607. The number of hydrogen-bond donors (Lipinski definition) is 1. The number of thiophene rings is 1. The molecule has 7 heteroatoms. The number of hydrogen-bond acceptors (Lipinski definition) is 5. The van der Waals surface area contributed by atoms with E-state index in [1.807, 2.05) is 33.1 Å². The molecule has 29 heavy (non-hydrogen) atoms. The summed E-state index contributed by atoms with van der Waals surface area (Å²) in [7, 11) is 0. The number of rotatable bonds is 9. The molecule has 0 saturated carbocycles. The first-order chi connectivity index (χ1) is 13.9. The van der Waals surface area contributed by atoms with Crippen LogP contribution in [0.1, 0.15) is 60.6 Å². The molecule has 2 amide bonds. The summed E-state index contributed by atoms with van der Waals surface area (Å²) in [6.07, 6.45) is 1.66. The average molecular weight is 417 g/mol. The van der Waals surface area contributed by atoms with Gasteiger partial charge in [-0.3, -0.25) is 9.59 Å². The Morgan fingerprint density at radius 2 is 1.76 bits per heavy atom. The van der Waals surface area contributed by atoms with Gasteiger partial charge in [0.15, 0.2) is 6.61 Å². The van der Waals surface area contributed by atoms with E-state index in [1.165, 1.54) is 11.3 Å². The van der Waals surface area contributed by atoms with Crippen LogP contribution in [0.4, 0.5) is 5.69 Å². The highest BCUT2D eigenvalue weighted by Crippen LogP contribution is 2.16. The van der Waals surface area contributed by atoms with Crippen molar-refractivity contribution in [2.24, 2.45) is 0 Å². The topological polar surface area (TPSA) is 75.7 Å². The van der Waals surface area contributed by atoms with Crippen molar-refractivity contribution in [1.29, 1.82) is 0 Å². The van der Waals surface area contributed by atoms with Crippen molar-refractivity contribution in [1.82, 2.24) is 4.90 Å². The predicted octanol–water partition coefficient (Wildman–Crippen LogP) is 4.58. The van der Waals surface area contributed by atoms with Crippen LogP contribution in [0.25, 0.3) is 0 Å². The average Bonchev–Trinajstić information content (AvgIpc) is 3.27. The molecule has 156 valence electrons. The van der Waals surface area contributed by atoms with Crippen molar-refractivity contribution in [3.63, 3.8) is 0 Å². The minimum atomic E-state index is -0.598. The Morgan fingerprint density at radius 1 is 1.07 bits per heavy atom. The summed E-state index contributed by atoms with van der Waals surface area (Å²) in [5, 5.41) is 4.58. The van der Waals surface area contributed by atoms with E-state index in [0.29, 0.717) is 10.6 Å². The number of benzene rings is 1. The lowest BCUT2D eigenvalue weighted by molar-refractivity contribution is -0.139. The lowest BCUT2D eigenvalue weighted by Gasteiger charge is -2.33. The lowest BCUT2D eigenvalue weighted by Crippen LogP contribution is -2.46. The Balaban J connectivity index is 2.00. The van der Waals surface area contributed by atoms with Crippen molar-refractivity contribution in [2.45, 2.75) is 52.6 Å². The summed E-state index contributed by atoms with van der Waals surface area (Å²) in [4.78, 5) is 39.6. The molecule has 0 fully saturated rings. The minimum Gasteiger partial charge on any atom is -0.452 e. The number of nitrogens with one attached hydrogen (secondary N) is 1. The third-order valence-electron chi connectivity index (χ3n) is 4.85. The second-order valence-electron chi connectivity index (χ2n) is 6.90. The molecule has 2 rings (SSSR count). The highest BCUT2D eigenvalue weighted by atomic mass is 32.1. The standard InChI is InChI=1S/C22H28N2O4S/c1-5-15(3)24(16(4)6-2)20(25)14-28-22(27)17-9-7-10-18(13-17)23-21(26)19-11-8-12-29-19/h7-13,15-16H,5-6,14H2,1-4H3,(H,23,26)/t15-,16-/m0/s1. The number of carbonyl (C=O) groups is 3. The smallest absolute Gasteiger partial charge is 0.338 e. The molecule has 0 spiro atoms. The van der Waals surface area contributed by atoms with E-state index in [4.69, 9.17) is 4.74 Å². The Bertz CT molecular complexity index is 825. The maximum atomic E-state index is 12.6. The first-order valence-electron chi connectivity index (χ1n) is 9.80. The first-order valence-corrected chi connectivity index (χ1v) is 10.7. The largest absolute Gasteiger partial charge is 0.452 e. The summed E-state index contributed by atoms with van der Waals surface area (Å²) < 4.78 is 5.25. The van der Waals surface area contributed by atoms with Crippen molar-refractivity contribution in [3.05, 3.63) is 52.2 Å². The van der Waals surface area contributed by atoms with E-state index in [9.17, 15) is 14.4 Å². The van der Waals surface area contributed by atoms with Gasteiger partial charge in [0, 0.05) is 17.8 Å². The fourth-order valence-electron chi connectivity index (χ4n) is 2.93. The van der Waals surface area contributed by atoms with E-state index >= 15 is 0 Å². The van der Waals surface area contributed by atoms with Gasteiger partial charge in [-0.2, -0.15) is 0 Å². The van der Waals surface area contributed by atoms with E-state index in [1.54, 1.807) is 41.3 Å². The van der Waals surface area contributed by atoms with Gasteiger partial charge in [0.05, 0.1) is 10.4 Å². The predicted molar refractivity (Wildman–Crippen MR) is 115 cm³/mol. The van der Waals surface area contributed by atoms with Gasteiger partial charge in [-0.05, 0) is 56.3 Å². The van der Waals surface area contributed by atoms with Crippen LogP contribution in [-0.4, -0.2) is 41.4 Å². The van der Waals surface area contributed by atoms with Crippen LogP contribution >= 0.6 is 11.3 Å². The van der Waals surface area contributed by atoms with E-state index < -0.39 is 5.97 Å². The van der Waals surface area contributed by atoms with Crippen LogP contribution in [0.3, 0.4) is 0 Å². The summed E-state index contributed by atoms with van der Waals surface area (Å²) >= 11 is 1.34.